The van der Waals surface area contributed by atoms with E-state index in [9.17, 15) is 73.2 Å². The minimum Gasteiger partial charge on any atom is -0.453 e. The van der Waals surface area contributed by atoms with Crippen molar-refractivity contribution < 1.29 is 82.7 Å². The van der Waals surface area contributed by atoms with Gasteiger partial charge >= 0.3 is 5.97 Å². The van der Waals surface area contributed by atoms with Crippen molar-refractivity contribution in [3.63, 3.8) is 0 Å². The average molecular weight is 1300 g/mol. The number of carbonyl (C=O) groups is 12. The number of benzene rings is 1. The van der Waals surface area contributed by atoms with Gasteiger partial charge in [0.15, 0.2) is 24.2 Å². The molecule has 2 aliphatic rings. The van der Waals surface area contributed by atoms with Gasteiger partial charge in [-0.25, -0.2) is 4.79 Å². The standard InChI is InChI=1S/C60H99N15O17/c1-10-31(8)41-55(87)73-42(32(9)77)54(86)66-26-39(78)71-44(47(80)49(62)81)57(89)70-38(27-76)59(91)92-48(34-20-15-12-16-21-34)45(75-52(84)37(25-29(4)5)68-53(85)40(61)33-18-13-11-14-19-33)58(90)74-43(46(79)30(6)7)56(88)69-36(24-28(2)3)51(83)67-35(50(82)72-41)22-17-23-65-60(63)64/h12,15-16,20-21,28-33,35-38,40-48,76-77,79-80H,10-11,13-14,17-19,22-27,61H2,1-9H3,(H2,62,81)(H,66,86)(H,67,83)(H,68,85)(H,69,88)(H,70,89)(H,71,78)(H,72,82)(H,73,87)(H,74,90)(H,75,84)(H4,63,64,65)/t31-,32-,35+,36-,37-,38-,40+,41?,42?,43-,44-,45-,46+,47-,48+/m0/s1. The Hall–Kier alpha value is -8.07. The molecule has 516 valence electrons. The van der Waals surface area contributed by atoms with Crippen LogP contribution in [0.4, 0.5) is 0 Å². The zero-order valence-electron chi connectivity index (χ0n) is 53.9. The largest absolute Gasteiger partial charge is 0.453 e. The number of ether oxygens (including phenoxy) is 1. The maximum Gasteiger partial charge on any atom is 0.331 e. The molecule has 32 heteroatoms. The number of carbonyl (C=O) groups excluding carboxylic acids is 12. The maximum atomic E-state index is 15.4. The Bertz CT molecular complexity index is 2710. The van der Waals surface area contributed by atoms with E-state index in [0.717, 1.165) is 26.2 Å². The van der Waals surface area contributed by atoms with E-state index in [0.29, 0.717) is 12.8 Å². The number of primary amides is 1. The number of aliphatic hydroxyl groups excluding tert-OH is 4. The summed E-state index contributed by atoms with van der Waals surface area (Å²) in [6.45, 7) is 11.8. The van der Waals surface area contributed by atoms with Gasteiger partial charge in [0.25, 0.3) is 0 Å². The van der Waals surface area contributed by atoms with Crippen LogP contribution < -0.4 is 76.1 Å². The van der Waals surface area contributed by atoms with Crippen LogP contribution >= 0.6 is 0 Å². The molecule has 1 aliphatic carbocycles. The van der Waals surface area contributed by atoms with Gasteiger partial charge in [-0.1, -0.05) is 111 Å². The van der Waals surface area contributed by atoms with Crippen LogP contribution in [0.1, 0.15) is 138 Å². The minimum absolute atomic E-state index is 0.0456. The van der Waals surface area contributed by atoms with Gasteiger partial charge in [0.1, 0.15) is 48.3 Å². The number of nitrogens with one attached hydrogen (secondary N) is 10. The highest BCUT2D eigenvalue weighted by atomic mass is 16.5. The lowest BCUT2D eigenvalue weighted by Crippen LogP contribution is -2.64. The topological polar surface area (TPSA) is 532 Å². The first-order valence-electron chi connectivity index (χ1n) is 31.2. The van der Waals surface area contributed by atoms with Crippen LogP contribution in [0.25, 0.3) is 0 Å². The van der Waals surface area contributed by atoms with E-state index in [4.69, 9.17) is 27.7 Å². The van der Waals surface area contributed by atoms with Crippen LogP contribution in [0.5, 0.6) is 0 Å². The molecule has 1 aromatic carbocycles. The van der Waals surface area contributed by atoms with Crippen molar-refractivity contribution >= 4 is 76.9 Å². The Kier molecular flexibility index (Phi) is 32.3. The molecule has 1 saturated carbocycles. The molecule has 22 N–H and O–H groups in total. The van der Waals surface area contributed by atoms with E-state index < -0.39 is 181 Å². The molecule has 1 aliphatic heterocycles. The summed E-state index contributed by atoms with van der Waals surface area (Å²) < 4.78 is 5.96. The SMILES string of the molecule is CC[C@H](C)C1NC(=O)[C@@H](CCCN=C(N)N)NC(=O)[C@H](CC(C)C)NC(=O)[C@H]([C@H](O)C(C)C)NC(=O)[C@@H](NC(=O)[C@H](CC(C)C)NC(=O)[C@H](N)C2CCCCC2)[C@@H](c2ccccc2)OC(=O)[C@H](CO)NC(=O)[C@H]([C@H](O)C(N)=O)NC(=O)CNC(=O)C([C@H](C)O)NC1=O. The molecule has 1 saturated heterocycles. The molecule has 2 fully saturated rings. The molecule has 15 atom stereocenters. The molecule has 11 amide bonds. The number of amides is 11. The highest BCUT2D eigenvalue weighted by Crippen LogP contribution is 2.27. The summed E-state index contributed by atoms with van der Waals surface area (Å²) in [4.78, 5) is 175. The van der Waals surface area contributed by atoms with Gasteiger partial charge < -0.3 is 101 Å². The van der Waals surface area contributed by atoms with Crippen molar-refractivity contribution in [3.05, 3.63) is 35.9 Å². The Morgan fingerprint density at radius 2 is 1.23 bits per heavy atom. The third kappa shape index (κ3) is 24.5. The molecule has 3 rings (SSSR count). The Morgan fingerprint density at radius 3 is 1.78 bits per heavy atom. The van der Waals surface area contributed by atoms with Crippen molar-refractivity contribution in [2.24, 2.45) is 57.5 Å². The molecule has 0 spiro atoms. The predicted molar refractivity (Wildman–Crippen MR) is 333 cm³/mol. The quantitative estimate of drug-likeness (QED) is 0.0224. The summed E-state index contributed by atoms with van der Waals surface area (Å²) in [5, 5.41) is 68.4. The second kappa shape index (κ2) is 38.1. The van der Waals surface area contributed by atoms with Gasteiger partial charge in [0.2, 0.25) is 65.0 Å². The number of esters is 1. The molecule has 1 aromatic rings. The lowest BCUT2D eigenvalue weighted by atomic mass is 9.84. The molecule has 0 aromatic heterocycles. The number of nitrogens with zero attached hydrogens (tertiary/aromatic N) is 1. The molecule has 32 nitrogen and oxygen atoms in total. The zero-order valence-corrected chi connectivity index (χ0v) is 53.9. The van der Waals surface area contributed by atoms with E-state index >= 15 is 4.79 Å². The fraction of sp³-hybridized carbons (Fsp3) is 0.683. The van der Waals surface area contributed by atoms with Gasteiger partial charge in [0.05, 0.1) is 31.4 Å². The van der Waals surface area contributed by atoms with Crippen LogP contribution in [0.3, 0.4) is 0 Å². The Labute approximate surface area is 535 Å². The fourth-order valence-electron chi connectivity index (χ4n) is 10.3. The second-order valence-corrected chi connectivity index (χ2v) is 24.7. The summed E-state index contributed by atoms with van der Waals surface area (Å²) in [5.41, 5.74) is 22.9. The van der Waals surface area contributed by atoms with Crippen molar-refractivity contribution in [2.75, 3.05) is 19.7 Å². The Balaban J connectivity index is 2.40. The van der Waals surface area contributed by atoms with Crippen LogP contribution in [0.2, 0.25) is 0 Å². The van der Waals surface area contributed by atoms with Crippen molar-refractivity contribution in [1.82, 2.24) is 53.2 Å². The van der Waals surface area contributed by atoms with Crippen LogP contribution in [-0.4, -0.2) is 196 Å². The highest BCUT2D eigenvalue weighted by molar-refractivity contribution is 6.00. The third-order valence-electron chi connectivity index (χ3n) is 15.8. The number of aliphatic hydroxyl groups is 4. The summed E-state index contributed by atoms with van der Waals surface area (Å²) in [7, 11) is 0. The first kappa shape index (κ1) is 78.2. The van der Waals surface area contributed by atoms with E-state index in [2.05, 4.69) is 47.5 Å². The number of aliphatic imine (C=N–C) groups is 1. The first-order valence-corrected chi connectivity index (χ1v) is 31.2. The van der Waals surface area contributed by atoms with Crippen LogP contribution in [-0.2, 0) is 62.3 Å². The molecular weight excluding hydrogens is 1200 g/mol. The van der Waals surface area contributed by atoms with E-state index in [1.807, 2.05) is 10.6 Å². The molecule has 92 heavy (non-hydrogen) atoms. The number of nitrogens with two attached hydrogens (primary N) is 4. The smallest absolute Gasteiger partial charge is 0.331 e. The number of cyclic esters (lactones) is 1. The Morgan fingerprint density at radius 1 is 0.663 bits per heavy atom. The molecule has 0 radical (unpaired) electrons. The van der Waals surface area contributed by atoms with Gasteiger partial charge in [-0.15, -0.1) is 0 Å². The van der Waals surface area contributed by atoms with Gasteiger partial charge in [-0.05, 0) is 80.6 Å². The van der Waals surface area contributed by atoms with Crippen molar-refractivity contribution in [1.29, 1.82) is 0 Å². The first-order chi connectivity index (χ1) is 43.2. The third-order valence-corrected chi connectivity index (χ3v) is 15.8. The van der Waals surface area contributed by atoms with E-state index in [1.54, 1.807) is 41.5 Å². The monoisotopic (exact) mass is 1300 g/mol. The predicted octanol–water partition coefficient (Wildman–Crippen LogP) is -4.90. The molecule has 1 heterocycles. The summed E-state index contributed by atoms with van der Waals surface area (Å²) in [6.07, 6.45) is -4.28. The van der Waals surface area contributed by atoms with Gasteiger partial charge in [0, 0.05) is 6.54 Å². The molecule has 2 unspecified atom stereocenters. The van der Waals surface area contributed by atoms with Crippen LogP contribution in [0, 0.1) is 29.6 Å². The van der Waals surface area contributed by atoms with Crippen molar-refractivity contribution in [3.8, 4) is 0 Å². The average Bonchev–Trinajstić information content (AvgIpc) is 1.01. The number of hydrogen-bond donors (Lipinski definition) is 18. The van der Waals surface area contributed by atoms with Crippen molar-refractivity contribution in [2.45, 2.75) is 211 Å². The lowest BCUT2D eigenvalue weighted by molar-refractivity contribution is -0.159. The second-order valence-electron chi connectivity index (χ2n) is 24.7. The minimum atomic E-state index is -2.57. The van der Waals surface area contributed by atoms with E-state index in [-0.39, 0.29) is 67.9 Å². The number of hydrogen-bond acceptors (Lipinski definition) is 19. The lowest BCUT2D eigenvalue weighted by Gasteiger charge is -2.34. The van der Waals surface area contributed by atoms with Crippen LogP contribution in [0.15, 0.2) is 35.3 Å². The zero-order chi connectivity index (χ0) is 69.3. The highest BCUT2D eigenvalue weighted by Gasteiger charge is 2.44. The molecule has 0 bridgehead atoms. The number of rotatable bonds is 22. The van der Waals surface area contributed by atoms with Gasteiger partial charge in [-0.2, -0.15) is 0 Å². The summed E-state index contributed by atoms with van der Waals surface area (Å²) in [5.74, 6) is -17.2. The normalized spacial score (nSPS) is 25.6. The summed E-state index contributed by atoms with van der Waals surface area (Å²) >= 11 is 0. The number of guanidine groups is 1. The van der Waals surface area contributed by atoms with E-state index in [1.165, 1.54) is 44.2 Å². The maximum absolute atomic E-state index is 15.4. The molecular formula is C60H99N15O17. The summed E-state index contributed by atoms with van der Waals surface area (Å²) in [6, 6.07) is -10.6. The van der Waals surface area contributed by atoms with Gasteiger partial charge in [-0.3, -0.25) is 57.7 Å². The fourth-order valence-corrected chi connectivity index (χ4v) is 10.3.